The van der Waals surface area contributed by atoms with E-state index in [9.17, 15) is 5.26 Å². The molecule has 5 rings (SSSR count). The molecule has 1 heterocycles. The second-order valence-corrected chi connectivity index (χ2v) is 16.6. The fourth-order valence-corrected chi connectivity index (χ4v) is 9.67. The molecule has 0 radical (unpaired) electrons. The highest BCUT2D eigenvalue weighted by Crippen LogP contribution is 2.68. The molecular weight excluding hydrogens is 390 g/mol. The zero-order valence-electron chi connectivity index (χ0n) is 19.6. The Morgan fingerprint density at radius 3 is 2.40 bits per heavy atom. The molecule has 30 heavy (non-hydrogen) atoms. The molecule has 0 aromatic heterocycles. The molecule has 5 heteroatoms. The molecule has 0 bridgehead atoms. The third kappa shape index (κ3) is 2.86. The maximum absolute atomic E-state index is 10.3. The van der Waals surface area contributed by atoms with E-state index < -0.39 is 13.9 Å². The maximum Gasteiger partial charge on any atom is 0.185 e. The topological polar surface area (TPSA) is 51.5 Å². The van der Waals surface area contributed by atoms with Crippen LogP contribution in [0, 0.1) is 39.9 Å². The highest BCUT2D eigenvalue weighted by molar-refractivity contribution is 6.69. The van der Waals surface area contributed by atoms with Crippen LogP contribution in [0.15, 0.2) is 11.6 Å². The van der Waals surface area contributed by atoms with E-state index in [0.717, 1.165) is 64.1 Å². The lowest BCUT2D eigenvalue weighted by molar-refractivity contribution is -0.186. The number of rotatable bonds is 2. The van der Waals surface area contributed by atoms with Gasteiger partial charge in [0.05, 0.1) is 19.3 Å². The predicted molar refractivity (Wildman–Crippen MR) is 119 cm³/mol. The van der Waals surface area contributed by atoms with Crippen molar-refractivity contribution in [2.24, 2.45) is 28.6 Å². The summed E-state index contributed by atoms with van der Waals surface area (Å²) in [7, 11) is -1.81. The molecule has 6 atom stereocenters. The van der Waals surface area contributed by atoms with E-state index in [-0.39, 0.29) is 16.6 Å². The van der Waals surface area contributed by atoms with E-state index in [1.54, 1.807) is 5.57 Å². The first-order chi connectivity index (χ1) is 14.1. The fraction of sp³-hybridized carbons (Fsp3) is 0.880. The molecule has 0 N–H and O–H groups in total. The smallest absolute Gasteiger partial charge is 0.185 e. The van der Waals surface area contributed by atoms with Crippen LogP contribution in [-0.4, -0.2) is 32.9 Å². The van der Waals surface area contributed by atoms with Crippen molar-refractivity contribution in [2.75, 3.05) is 13.2 Å². The number of hydrogen-bond acceptors (Lipinski definition) is 4. The van der Waals surface area contributed by atoms with Crippen LogP contribution in [0.5, 0.6) is 0 Å². The van der Waals surface area contributed by atoms with Gasteiger partial charge in [0.25, 0.3) is 0 Å². The molecule has 1 saturated heterocycles. The van der Waals surface area contributed by atoms with Gasteiger partial charge in [-0.05, 0) is 81.3 Å². The fourth-order valence-electron chi connectivity index (χ4n) is 8.24. The third-order valence-corrected chi connectivity index (χ3v) is 10.7. The van der Waals surface area contributed by atoms with Crippen molar-refractivity contribution in [3.63, 3.8) is 0 Å². The van der Waals surface area contributed by atoms with E-state index in [4.69, 9.17) is 13.9 Å². The van der Waals surface area contributed by atoms with E-state index in [0.29, 0.717) is 11.8 Å². The van der Waals surface area contributed by atoms with Gasteiger partial charge in [-0.15, -0.1) is 0 Å². The molecule has 5 aliphatic rings. The van der Waals surface area contributed by atoms with Gasteiger partial charge < -0.3 is 13.9 Å². The van der Waals surface area contributed by atoms with Crippen molar-refractivity contribution in [1.82, 2.24) is 0 Å². The van der Waals surface area contributed by atoms with Gasteiger partial charge in [0.2, 0.25) is 0 Å². The molecular formula is C25H39NO3Si. The number of allylic oxidation sites excluding steroid dienone is 1. The summed E-state index contributed by atoms with van der Waals surface area (Å²) in [4.78, 5) is 0. The Hall–Kier alpha value is -0.673. The predicted octanol–water partition coefficient (Wildman–Crippen LogP) is 5.81. The zero-order chi connectivity index (χ0) is 21.4. The van der Waals surface area contributed by atoms with Crippen LogP contribution in [0.4, 0.5) is 0 Å². The molecule has 1 aliphatic heterocycles. The molecule has 166 valence electrons. The van der Waals surface area contributed by atoms with Gasteiger partial charge in [-0.3, -0.25) is 0 Å². The van der Waals surface area contributed by atoms with Crippen LogP contribution in [0.1, 0.15) is 65.2 Å². The lowest BCUT2D eigenvalue weighted by Crippen LogP contribution is -2.57. The Balaban J connectivity index is 1.45. The molecule has 0 unspecified atom stereocenters. The molecule has 1 spiro atoms. The lowest BCUT2D eigenvalue weighted by Gasteiger charge is -2.59. The average molecular weight is 430 g/mol. The summed E-state index contributed by atoms with van der Waals surface area (Å²) in [5.41, 5.74) is 1.25. The van der Waals surface area contributed by atoms with Crippen LogP contribution in [0.25, 0.3) is 0 Å². The Morgan fingerprint density at radius 2 is 1.73 bits per heavy atom. The average Bonchev–Trinajstić information content (AvgIpc) is 3.24. The van der Waals surface area contributed by atoms with Gasteiger partial charge in [0, 0.05) is 18.3 Å². The first kappa shape index (κ1) is 21.2. The summed E-state index contributed by atoms with van der Waals surface area (Å²) >= 11 is 0. The molecule has 0 aromatic carbocycles. The Morgan fingerprint density at radius 1 is 1.03 bits per heavy atom. The first-order valence-corrected chi connectivity index (χ1v) is 15.6. The number of ether oxygens (including phenoxy) is 2. The van der Waals surface area contributed by atoms with Crippen molar-refractivity contribution < 1.29 is 13.9 Å². The van der Waals surface area contributed by atoms with E-state index in [1.165, 1.54) is 6.42 Å². The minimum absolute atomic E-state index is 0.0154. The summed E-state index contributed by atoms with van der Waals surface area (Å²) < 4.78 is 18.9. The second kappa shape index (κ2) is 6.67. The van der Waals surface area contributed by atoms with E-state index in [2.05, 4.69) is 45.6 Å². The number of nitrogens with zero attached hydrogens (tertiary/aromatic N) is 1. The first-order valence-electron chi connectivity index (χ1n) is 12.2. The van der Waals surface area contributed by atoms with Gasteiger partial charge in [-0.2, -0.15) is 5.26 Å². The summed E-state index contributed by atoms with van der Waals surface area (Å²) in [5, 5.41) is 10.3. The van der Waals surface area contributed by atoms with E-state index >= 15 is 0 Å². The van der Waals surface area contributed by atoms with E-state index in [1.807, 2.05) is 0 Å². The third-order valence-electron chi connectivity index (χ3n) is 9.70. The molecule has 3 saturated carbocycles. The monoisotopic (exact) mass is 429 g/mol. The Kier molecular flexibility index (Phi) is 4.71. The highest BCUT2D eigenvalue weighted by Gasteiger charge is 2.66. The Bertz CT molecular complexity index is 791. The summed E-state index contributed by atoms with van der Waals surface area (Å²) in [6, 6.07) is 2.73. The largest absolute Gasteiger partial charge is 0.399 e. The quantitative estimate of drug-likeness (QED) is 0.411. The SMILES string of the molecule is C[C@]12CCC3(CC1=CC[C@@H]1[C@@H]2CC[C@@]2(C)[C@H]1CC[C@]2(C#N)O[Si](C)(C)C)OCCO3. The molecule has 0 aromatic rings. The van der Waals surface area contributed by atoms with Crippen LogP contribution >= 0.6 is 0 Å². The Labute approximate surface area is 183 Å². The summed E-state index contributed by atoms with van der Waals surface area (Å²) in [5.74, 6) is 1.65. The standard InChI is InChI=1S/C25H39NO3Si/c1-22-12-13-25(27-14-15-28-25)16-18(22)6-7-19-20(22)8-10-23(2)21(19)9-11-24(23,17-26)29-30(3,4)5/h6,19-21H,7-16H2,1-5H3/t19-,20+,21+,22+,23+,24-/m1/s1. The summed E-state index contributed by atoms with van der Waals surface area (Å²) in [6.07, 6.45) is 11.2. The molecule has 4 fully saturated rings. The van der Waals surface area contributed by atoms with Crippen LogP contribution < -0.4 is 0 Å². The minimum atomic E-state index is -1.81. The van der Waals surface area contributed by atoms with Crippen molar-refractivity contribution in [3.05, 3.63) is 11.6 Å². The molecule has 0 amide bonds. The minimum Gasteiger partial charge on any atom is -0.399 e. The van der Waals surface area contributed by atoms with Crippen LogP contribution in [-0.2, 0) is 13.9 Å². The highest BCUT2D eigenvalue weighted by atomic mass is 28.4. The zero-order valence-corrected chi connectivity index (χ0v) is 20.6. The summed E-state index contributed by atoms with van der Waals surface area (Å²) in [6.45, 7) is 13.1. The van der Waals surface area contributed by atoms with Gasteiger partial charge in [0.15, 0.2) is 14.1 Å². The number of fused-ring (bicyclic) bond motifs is 5. The van der Waals surface area contributed by atoms with Crippen LogP contribution in [0.2, 0.25) is 19.6 Å². The number of hydrogen-bond donors (Lipinski definition) is 0. The van der Waals surface area contributed by atoms with Gasteiger partial charge in [-0.1, -0.05) is 25.5 Å². The lowest BCUT2D eigenvalue weighted by atomic mass is 9.47. The van der Waals surface area contributed by atoms with Crippen molar-refractivity contribution in [3.8, 4) is 6.07 Å². The normalized spacial score (nSPS) is 47.2. The molecule has 4 aliphatic carbocycles. The van der Waals surface area contributed by atoms with Gasteiger partial charge in [0.1, 0.15) is 5.60 Å². The molecule has 4 nitrogen and oxygen atoms in total. The van der Waals surface area contributed by atoms with Gasteiger partial charge >= 0.3 is 0 Å². The van der Waals surface area contributed by atoms with Crippen molar-refractivity contribution in [1.29, 1.82) is 5.26 Å². The van der Waals surface area contributed by atoms with Crippen molar-refractivity contribution >= 4 is 8.32 Å². The van der Waals surface area contributed by atoms with Crippen LogP contribution in [0.3, 0.4) is 0 Å². The maximum atomic E-state index is 10.3. The second-order valence-electron chi connectivity index (χ2n) is 12.2. The van der Waals surface area contributed by atoms with Gasteiger partial charge in [-0.25, -0.2) is 0 Å². The van der Waals surface area contributed by atoms with Crippen molar-refractivity contribution in [2.45, 2.75) is 96.2 Å². The number of nitriles is 1.